The fourth-order valence-corrected chi connectivity index (χ4v) is 2.56. The molecule has 0 radical (unpaired) electrons. The minimum Gasteiger partial charge on any atom is -0.314 e. The SMILES string of the molecule is CCCNC1CCN(CC(C)(C)SC)CC1. The van der Waals surface area contributed by atoms with Crippen LogP contribution in [0.5, 0.6) is 0 Å². The largest absolute Gasteiger partial charge is 0.314 e. The van der Waals surface area contributed by atoms with Crippen molar-refractivity contribution in [2.75, 3.05) is 32.4 Å². The minimum atomic E-state index is 0.406. The molecule has 0 aliphatic carbocycles. The van der Waals surface area contributed by atoms with Crippen LogP contribution in [0.4, 0.5) is 0 Å². The summed E-state index contributed by atoms with van der Waals surface area (Å²) >= 11 is 1.98. The third kappa shape index (κ3) is 5.07. The van der Waals surface area contributed by atoms with Gasteiger partial charge < -0.3 is 10.2 Å². The zero-order valence-electron chi connectivity index (χ0n) is 11.4. The Labute approximate surface area is 106 Å². The van der Waals surface area contributed by atoms with E-state index in [1.54, 1.807) is 0 Å². The predicted octanol–water partition coefficient (Wildman–Crippen LogP) is 2.59. The van der Waals surface area contributed by atoms with Crippen LogP contribution >= 0.6 is 11.8 Å². The van der Waals surface area contributed by atoms with Gasteiger partial charge in [-0.1, -0.05) is 6.92 Å². The van der Waals surface area contributed by atoms with E-state index in [1.807, 2.05) is 11.8 Å². The Morgan fingerprint density at radius 3 is 2.44 bits per heavy atom. The van der Waals surface area contributed by atoms with Crippen LogP contribution in [0.15, 0.2) is 0 Å². The highest BCUT2D eigenvalue weighted by Crippen LogP contribution is 2.24. The molecule has 1 saturated heterocycles. The summed E-state index contributed by atoms with van der Waals surface area (Å²) in [4.78, 5) is 2.63. The first-order chi connectivity index (χ1) is 7.57. The van der Waals surface area contributed by atoms with Crippen molar-refractivity contribution in [3.8, 4) is 0 Å². The lowest BCUT2D eigenvalue weighted by atomic mass is 10.0. The molecule has 0 atom stereocenters. The lowest BCUT2D eigenvalue weighted by Gasteiger charge is -2.37. The molecule has 2 nitrogen and oxygen atoms in total. The molecule has 0 bridgehead atoms. The van der Waals surface area contributed by atoms with E-state index in [4.69, 9.17) is 0 Å². The molecule has 1 rings (SSSR count). The van der Waals surface area contributed by atoms with Gasteiger partial charge in [-0.15, -0.1) is 0 Å². The first-order valence-electron chi connectivity index (χ1n) is 6.58. The molecule has 0 unspecified atom stereocenters. The van der Waals surface area contributed by atoms with Crippen molar-refractivity contribution in [1.29, 1.82) is 0 Å². The fraction of sp³-hybridized carbons (Fsp3) is 1.00. The van der Waals surface area contributed by atoms with Gasteiger partial charge in [0.1, 0.15) is 0 Å². The van der Waals surface area contributed by atoms with Crippen LogP contribution in [0.3, 0.4) is 0 Å². The Morgan fingerprint density at radius 1 is 1.31 bits per heavy atom. The number of rotatable bonds is 6. The first kappa shape index (κ1) is 14.3. The molecule has 0 aromatic carbocycles. The molecule has 96 valence electrons. The number of hydrogen-bond acceptors (Lipinski definition) is 3. The van der Waals surface area contributed by atoms with Crippen LogP contribution in [-0.2, 0) is 0 Å². The minimum absolute atomic E-state index is 0.406. The van der Waals surface area contributed by atoms with E-state index >= 15 is 0 Å². The first-order valence-corrected chi connectivity index (χ1v) is 7.81. The maximum absolute atomic E-state index is 3.64. The smallest absolute Gasteiger partial charge is 0.0227 e. The standard InChI is InChI=1S/C13H28N2S/c1-5-8-14-12-6-9-15(10-7-12)11-13(2,3)16-4/h12,14H,5-11H2,1-4H3. The molecular weight excluding hydrogens is 216 g/mol. The summed E-state index contributed by atoms with van der Waals surface area (Å²) in [6.45, 7) is 11.9. The second kappa shape index (κ2) is 6.87. The van der Waals surface area contributed by atoms with Gasteiger partial charge in [0, 0.05) is 17.3 Å². The Balaban J connectivity index is 2.21. The van der Waals surface area contributed by atoms with E-state index < -0.39 is 0 Å². The van der Waals surface area contributed by atoms with Gasteiger partial charge in [-0.05, 0) is 59.0 Å². The third-order valence-electron chi connectivity index (χ3n) is 3.43. The number of thioether (sulfide) groups is 1. The van der Waals surface area contributed by atoms with Crippen LogP contribution in [0, 0.1) is 0 Å². The normalized spacial score (nSPS) is 20.2. The number of likely N-dealkylation sites (tertiary alicyclic amines) is 1. The maximum atomic E-state index is 3.64. The van der Waals surface area contributed by atoms with Gasteiger partial charge in [0.15, 0.2) is 0 Å². The van der Waals surface area contributed by atoms with Crippen LogP contribution in [0.1, 0.15) is 40.0 Å². The third-order valence-corrected chi connectivity index (χ3v) is 4.66. The lowest BCUT2D eigenvalue weighted by molar-refractivity contribution is 0.187. The molecule has 0 amide bonds. The molecule has 1 aliphatic rings. The molecule has 1 fully saturated rings. The summed E-state index contributed by atoms with van der Waals surface area (Å²) in [6.07, 6.45) is 6.12. The molecule has 1 N–H and O–H groups in total. The van der Waals surface area contributed by atoms with Gasteiger partial charge in [0.2, 0.25) is 0 Å². The predicted molar refractivity (Wildman–Crippen MR) is 75.3 cm³/mol. The van der Waals surface area contributed by atoms with Gasteiger partial charge >= 0.3 is 0 Å². The van der Waals surface area contributed by atoms with E-state index in [0.29, 0.717) is 4.75 Å². The monoisotopic (exact) mass is 244 g/mol. The van der Waals surface area contributed by atoms with E-state index in [-0.39, 0.29) is 0 Å². The Hall–Kier alpha value is 0.270. The number of nitrogens with zero attached hydrogens (tertiary/aromatic N) is 1. The van der Waals surface area contributed by atoms with Gasteiger partial charge in [-0.2, -0.15) is 11.8 Å². The molecule has 0 saturated carbocycles. The molecule has 3 heteroatoms. The van der Waals surface area contributed by atoms with Crippen LogP contribution in [0.2, 0.25) is 0 Å². The number of piperidine rings is 1. The Morgan fingerprint density at radius 2 is 1.94 bits per heavy atom. The van der Waals surface area contributed by atoms with Crippen LogP contribution in [0.25, 0.3) is 0 Å². The fourth-order valence-electron chi connectivity index (χ4n) is 2.25. The second-order valence-electron chi connectivity index (χ2n) is 5.47. The zero-order chi connectivity index (χ0) is 12.0. The highest BCUT2D eigenvalue weighted by molar-refractivity contribution is 7.99. The number of hydrogen-bond donors (Lipinski definition) is 1. The summed E-state index contributed by atoms with van der Waals surface area (Å²) < 4.78 is 0.406. The Bertz CT molecular complexity index is 186. The zero-order valence-corrected chi connectivity index (χ0v) is 12.2. The van der Waals surface area contributed by atoms with Crippen molar-refractivity contribution in [1.82, 2.24) is 10.2 Å². The highest BCUT2D eigenvalue weighted by atomic mass is 32.2. The van der Waals surface area contributed by atoms with Gasteiger partial charge in [0.05, 0.1) is 0 Å². The van der Waals surface area contributed by atoms with Crippen LogP contribution in [-0.4, -0.2) is 48.1 Å². The number of nitrogens with one attached hydrogen (secondary N) is 1. The molecular formula is C13H28N2S. The molecule has 0 spiro atoms. The summed E-state index contributed by atoms with van der Waals surface area (Å²) in [7, 11) is 0. The van der Waals surface area contributed by atoms with Gasteiger partial charge in [-0.3, -0.25) is 0 Å². The van der Waals surface area contributed by atoms with Crippen molar-refractivity contribution in [2.45, 2.75) is 50.8 Å². The van der Waals surface area contributed by atoms with Crippen molar-refractivity contribution < 1.29 is 0 Å². The van der Waals surface area contributed by atoms with Gasteiger partial charge in [-0.25, -0.2) is 0 Å². The maximum Gasteiger partial charge on any atom is 0.0227 e. The van der Waals surface area contributed by atoms with Crippen LogP contribution < -0.4 is 5.32 Å². The topological polar surface area (TPSA) is 15.3 Å². The second-order valence-corrected chi connectivity index (χ2v) is 6.98. The average molecular weight is 244 g/mol. The van der Waals surface area contributed by atoms with Crippen molar-refractivity contribution in [3.05, 3.63) is 0 Å². The van der Waals surface area contributed by atoms with Crippen molar-refractivity contribution in [2.24, 2.45) is 0 Å². The van der Waals surface area contributed by atoms with Gasteiger partial charge in [0.25, 0.3) is 0 Å². The molecule has 1 aliphatic heterocycles. The van der Waals surface area contributed by atoms with E-state index in [9.17, 15) is 0 Å². The molecule has 0 aromatic rings. The van der Waals surface area contributed by atoms with E-state index in [1.165, 1.54) is 45.4 Å². The molecule has 1 heterocycles. The lowest BCUT2D eigenvalue weighted by Crippen LogP contribution is -2.46. The van der Waals surface area contributed by atoms with Crippen molar-refractivity contribution in [3.63, 3.8) is 0 Å². The summed E-state index contributed by atoms with van der Waals surface area (Å²) in [5.74, 6) is 0. The molecule has 0 aromatic heterocycles. The average Bonchev–Trinajstić information content (AvgIpc) is 2.28. The van der Waals surface area contributed by atoms with E-state index in [0.717, 1.165) is 6.04 Å². The summed E-state index contributed by atoms with van der Waals surface area (Å²) in [5, 5.41) is 3.64. The quantitative estimate of drug-likeness (QED) is 0.773. The summed E-state index contributed by atoms with van der Waals surface area (Å²) in [5.41, 5.74) is 0. The Kier molecular flexibility index (Phi) is 6.16. The highest BCUT2D eigenvalue weighted by Gasteiger charge is 2.24. The van der Waals surface area contributed by atoms with E-state index in [2.05, 4.69) is 37.2 Å². The van der Waals surface area contributed by atoms with Crippen molar-refractivity contribution >= 4 is 11.8 Å². The molecule has 16 heavy (non-hydrogen) atoms. The summed E-state index contributed by atoms with van der Waals surface area (Å²) in [6, 6.07) is 0.772.